The number of hydrogen-bond acceptors (Lipinski definition) is 4. The van der Waals surface area contributed by atoms with Gasteiger partial charge in [-0.3, -0.25) is 4.79 Å². The maximum atomic E-state index is 14.2. The van der Waals surface area contributed by atoms with Crippen molar-refractivity contribution in [1.82, 2.24) is 10.5 Å². The Hall–Kier alpha value is -2.37. The fourth-order valence-electron chi connectivity index (χ4n) is 2.69. The molecule has 25 heavy (non-hydrogen) atoms. The molecule has 1 aromatic heterocycles. The smallest absolute Gasteiger partial charge is 0.225 e. The first-order chi connectivity index (χ1) is 11.9. The summed E-state index contributed by atoms with van der Waals surface area (Å²) in [7, 11) is 0. The predicted molar refractivity (Wildman–Crippen MR) is 90.9 cm³/mol. The highest BCUT2D eigenvalue weighted by molar-refractivity contribution is 5.79. The van der Waals surface area contributed by atoms with E-state index in [0.717, 1.165) is 18.4 Å². The summed E-state index contributed by atoms with van der Waals surface area (Å²) in [6, 6.07) is 4.53. The van der Waals surface area contributed by atoms with Crippen LogP contribution in [0.25, 0.3) is 0 Å². The number of carbonyl (C=O) groups is 1. The second-order valence-corrected chi connectivity index (χ2v) is 6.71. The van der Waals surface area contributed by atoms with Gasteiger partial charge >= 0.3 is 0 Å². The third-order valence-corrected chi connectivity index (χ3v) is 4.52. The van der Waals surface area contributed by atoms with Gasteiger partial charge in [-0.2, -0.15) is 0 Å². The average Bonchev–Trinajstić information content (AvgIpc) is 3.35. The van der Waals surface area contributed by atoms with E-state index in [1.807, 2.05) is 6.92 Å². The summed E-state index contributed by atoms with van der Waals surface area (Å²) < 4.78 is 24.7. The summed E-state index contributed by atoms with van der Waals surface area (Å²) in [5.74, 6) is 0.927. The molecule has 1 aliphatic rings. The molecule has 1 fully saturated rings. The van der Waals surface area contributed by atoms with E-state index in [0.29, 0.717) is 29.5 Å². The summed E-state index contributed by atoms with van der Waals surface area (Å²) in [4.78, 5) is 12.2. The van der Waals surface area contributed by atoms with Gasteiger partial charge in [0.05, 0.1) is 24.8 Å². The van der Waals surface area contributed by atoms with E-state index in [2.05, 4.69) is 10.5 Å². The molecular weight excluding hydrogens is 323 g/mol. The summed E-state index contributed by atoms with van der Waals surface area (Å²) in [6.45, 7) is 5.98. The molecule has 2 aromatic rings. The van der Waals surface area contributed by atoms with Gasteiger partial charge in [0.1, 0.15) is 5.76 Å². The van der Waals surface area contributed by atoms with E-state index < -0.39 is 5.82 Å². The molecule has 3 rings (SSSR count). The van der Waals surface area contributed by atoms with Crippen molar-refractivity contribution in [3.8, 4) is 5.75 Å². The first-order valence-corrected chi connectivity index (χ1v) is 8.57. The fourth-order valence-corrected chi connectivity index (χ4v) is 2.69. The van der Waals surface area contributed by atoms with Crippen LogP contribution in [-0.2, 0) is 11.2 Å². The molecule has 0 saturated heterocycles. The first kappa shape index (κ1) is 17.5. The Morgan fingerprint density at radius 3 is 2.80 bits per heavy atom. The van der Waals surface area contributed by atoms with Crippen LogP contribution in [0.3, 0.4) is 0 Å². The number of hydrogen-bond donors (Lipinski definition) is 1. The molecule has 1 N–H and O–H groups in total. The van der Waals surface area contributed by atoms with Crippen molar-refractivity contribution in [2.45, 2.75) is 46.1 Å². The second-order valence-electron chi connectivity index (χ2n) is 6.71. The van der Waals surface area contributed by atoms with Crippen molar-refractivity contribution >= 4 is 5.91 Å². The van der Waals surface area contributed by atoms with Gasteiger partial charge in [0.15, 0.2) is 11.6 Å². The zero-order valence-corrected chi connectivity index (χ0v) is 14.8. The molecule has 0 aliphatic heterocycles. The standard InChI is InChI=1S/C19H23FN2O3/c1-11(21-19(23)9-16-12(2)22-25-13(16)3)15-6-7-18(17(20)8-15)24-10-14-4-5-14/h6-8,11,14H,4-5,9-10H2,1-3H3,(H,21,23)/t11-/m1/s1. The van der Waals surface area contributed by atoms with Crippen molar-refractivity contribution in [3.63, 3.8) is 0 Å². The summed E-state index contributed by atoms with van der Waals surface area (Å²) in [5, 5.41) is 6.72. The Morgan fingerprint density at radius 2 is 2.20 bits per heavy atom. The van der Waals surface area contributed by atoms with E-state index in [1.54, 1.807) is 26.0 Å². The topological polar surface area (TPSA) is 64.4 Å². The van der Waals surface area contributed by atoms with E-state index in [-0.39, 0.29) is 24.1 Å². The Morgan fingerprint density at radius 1 is 1.44 bits per heavy atom. The molecule has 0 spiro atoms. The lowest BCUT2D eigenvalue weighted by molar-refractivity contribution is -0.121. The lowest BCUT2D eigenvalue weighted by Crippen LogP contribution is -2.28. The Bertz CT molecular complexity index is 749. The highest BCUT2D eigenvalue weighted by Gasteiger charge is 2.23. The van der Waals surface area contributed by atoms with Crippen LogP contribution >= 0.6 is 0 Å². The Balaban J connectivity index is 1.59. The van der Waals surface area contributed by atoms with Crippen molar-refractivity contribution in [2.24, 2.45) is 5.92 Å². The summed E-state index contributed by atoms with van der Waals surface area (Å²) in [6.07, 6.45) is 2.51. The van der Waals surface area contributed by atoms with Gasteiger partial charge < -0.3 is 14.6 Å². The van der Waals surface area contributed by atoms with Crippen molar-refractivity contribution < 1.29 is 18.4 Å². The number of halogens is 1. The number of ether oxygens (including phenoxy) is 1. The predicted octanol–water partition coefficient (Wildman–Crippen LogP) is 3.64. The summed E-state index contributed by atoms with van der Waals surface area (Å²) >= 11 is 0. The number of amides is 1. The van der Waals surface area contributed by atoms with Crippen LogP contribution in [0.2, 0.25) is 0 Å². The lowest BCUT2D eigenvalue weighted by Gasteiger charge is -2.15. The fraction of sp³-hybridized carbons (Fsp3) is 0.474. The maximum Gasteiger partial charge on any atom is 0.225 e. The van der Waals surface area contributed by atoms with Crippen LogP contribution < -0.4 is 10.1 Å². The van der Waals surface area contributed by atoms with Crippen LogP contribution in [0.4, 0.5) is 4.39 Å². The molecule has 0 unspecified atom stereocenters. The normalized spacial score (nSPS) is 15.0. The molecule has 0 radical (unpaired) electrons. The van der Waals surface area contributed by atoms with Gasteiger partial charge in [0, 0.05) is 5.56 Å². The number of nitrogens with zero attached hydrogens (tertiary/aromatic N) is 1. The SMILES string of the molecule is Cc1noc(C)c1CC(=O)N[C@H](C)c1ccc(OCC2CC2)c(F)c1. The van der Waals surface area contributed by atoms with E-state index in [9.17, 15) is 9.18 Å². The van der Waals surface area contributed by atoms with Crippen LogP contribution in [-0.4, -0.2) is 17.7 Å². The average molecular weight is 346 g/mol. The molecule has 1 aromatic carbocycles. The van der Waals surface area contributed by atoms with Crippen molar-refractivity contribution in [3.05, 3.63) is 46.6 Å². The zero-order chi connectivity index (χ0) is 18.0. The maximum absolute atomic E-state index is 14.2. The molecule has 5 nitrogen and oxygen atoms in total. The van der Waals surface area contributed by atoms with Gasteiger partial charge in [0.25, 0.3) is 0 Å². The molecule has 6 heteroatoms. The minimum Gasteiger partial charge on any atom is -0.490 e. The molecule has 0 bridgehead atoms. The van der Waals surface area contributed by atoms with Crippen molar-refractivity contribution in [1.29, 1.82) is 0 Å². The molecule has 1 atom stereocenters. The number of nitrogens with one attached hydrogen (secondary N) is 1. The zero-order valence-electron chi connectivity index (χ0n) is 14.8. The molecule has 1 amide bonds. The Kier molecular flexibility index (Phi) is 5.06. The van der Waals surface area contributed by atoms with Gasteiger partial charge in [-0.1, -0.05) is 11.2 Å². The van der Waals surface area contributed by atoms with Crippen LogP contribution in [0, 0.1) is 25.6 Å². The molecule has 1 heterocycles. The third kappa shape index (κ3) is 4.38. The third-order valence-electron chi connectivity index (χ3n) is 4.52. The van der Waals surface area contributed by atoms with Crippen LogP contribution in [0.1, 0.15) is 48.4 Å². The van der Waals surface area contributed by atoms with Gasteiger partial charge in [0.2, 0.25) is 5.91 Å². The molecular formula is C19H23FN2O3. The number of benzene rings is 1. The first-order valence-electron chi connectivity index (χ1n) is 8.57. The summed E-state index contributed by atoms with van der Waals surface area (Å²) in [5.41, 5.74) is 2.20. The van der Waals surface area contributed by atoms with Gasteiger partial charge in [-0.05, 0) is 57.2 Å². The lowest BCUT2D eigenvalue weighted by atomic mass is 10.1. The monoisotopic (exact) mass is 346 g/mol. The number of aromatic nitrogens is 1. The molecule has 134 valence electrons. The van der Waals surface area contributed by atoms with E-state index in [4.69, 9.17) is 9.26 Å². The Labute approximate surface area is 146 Å². The number of carbonyl (C=O) groups excluding carboxylic acids is 1. The highest BCUT2D eigenvalue weighted by Crippen LogP contribution is 2.30. The molecule has 1 aliphatic carbocycles. The van der Waals surface area contributed by atoms with Gasteiger partial charge in [-0.25, -0.2) is 4.39 Å². The minimum atomic E-state index is -0.398. The highest BCUT2D eigenvalue weighted by atomic mass is 19.1. The largest absolute Gasteiger partial charge is 0.490 e. The number of aryl methyl sites for hydroxylation is 2. The van der Waals surface area contributed by atoms with Crippen LogP contribution in [0.5, 0.6) is 5.75 Å². The van der Waals surface area contributed by atoms with E-state index >= 15 is 0 Å². The number of rotatable bonds is 7. The van der Waals surface area contributed by atoms with Gasteiger partial charge in [-0.15, -0.1) is 0 Å². The van der Waals surface area contributed by atoms with Crippen molar-refractivity contribution in [2.75, 3.05) is 6.61 Å². The quantitative estimate of drug-likeness (QED) is 0.831. The molecule has 1 saturated carbocycles. The van der Waals surface area contributed by atoms with E-state index in [1.165, 1.54) is 6.07 Å². The minimum absolute atomic E-state index is 0.156. The van der Waals surface area contributed by atoms with Crippen LogP contribution in [0.15, 0.2) is 22.7 Å². The second kappa shape index (κ2) is 7.25.